The number of amides is 1. The van der Waals surface area contributed by atoms with Crippen LogP contribution in [0.4, 0.5) is 10.7 Å². The van der Waals surface area contributed by atoms with E-state index in [0.29, 0.717) is 32.2 Å². The Balaban J connectivity index is 1.74. The first-order valence-electron chi connectivity index (χ1n) is 11.7. The molecule has 0 spiro atoms. The van der Waals surface area contributed by atoms with Crippen molar-refractivity contribution in [1.82, 2.24) is 14.9 Å². The van der Waals surface area contributed by atoms with Crippen LogP contribution in [-0.4, -0.2) is 66.7 Å². The molecular formula is C26H31BrN4O3Si. The van der Waals surface area contributed by atoms with E-state index in [-0.39, 0.29) is 11.1 Å². The van der Waals surface area contributed by atoms with Crippen molar-refractivity contribution >= 4 is 46.7 Å². The zero-order chi connectivity index (χ0) is 25.1. The topological polar surface area (TPSA) is 78.8 Å². The van der Waals surface area contributed by atoms with Crippen LogP contribution in [0.5, 0.6) is 0 Å². The van der Waals surface area contributed by atoms with Gasteiger partial charge in [0.15, 0.2) is 0 Å². The normalized spacial score (nSPS) is 16.9. The van der Waals surface area contributed by atoms with Gasteiger partial charge < -0.3 is 19.3 Å². The number of hydrogen-bond donors (Lipinski definition) is 1. The maximum Gasteiger partial charge on any atom is 0.407 e. The highest BCUT2D eigenvalue weighted by atomic mass is 79.9. The van der Waals surface area contributed by atoms with Crippen molar-refractivity contribution in [3.63, 3.8) is 0 Å². The third-order valence-electron chi connectivity index (χ3n) is 6.53. The summed E-state index contributed by atoms with van der Waals surface area (Å²) < 4.78 is 7.92. The third-order valence-corrected chi connectivity index (χ3v) is 11.9. The van der Waals surface area contributed by atoms with Gasteiger partial charge in [0.05, 0.1) is 17.1 Å². The largest absolute Gasteiger partial charge is 0.465 e. The zero-order valence-electron chi connectivity index (χ0n) is 20.3. The molecule has 3 aromatic rings. The second-order valence-electron chi connectivity index (χ2n) is 9.75. The second-order valence-corrected chi connectivity index (χ2v) is 15.0. The molecule has 9 heteroatoms. The summed E-state index contributed by atoms with van der Waals surface area (Å²) in [7, 11) is -2.76. The van der Waals surface area contributed by atoms with Gasteiger partial charge in [0.1, 0.15) is 0 Å². The van der Waals surface area contributed by atoms with Gasteiger partial charge in [0.2, 0.25) is 5.95 Å². The molecule has 0 saturated carbocycles. The summed E-state index contributed by atoms with van der Waals surface area (Å²) in [5.74, 6) is 0.578. The summed E-state index contributed by atoms with van der Waals surface area (Å²) in [4.78, 5) is 24.3. The van der Waals surface area contributed by atoms with Crippen molar-refractivity contribution in [3.8, 4) is 0 Å². The lowest BCUT2D eigenvalue weighted by molar-refractivity contribution is 0.125. The van der Waals surface area contributed by atoms with E-state index >= 15 is 0 Å². The Morgan fingerprint density at radius 2 is 1.57 bits per heavy atom. The zero-order valence-corrected chi connectivity index (χ0v) is 22.9. The fourth-order valence-corrected chi connectivity index (χ4v) is 9.67. The van der Waals surface area contributed by atoms with Crippen LogP contribution in [0, 0.1) is 0 Å². The Hall–Kier alpha value is -2.75. The van der Waals surface area contributed by atoms with Crippen LogP contribution in [0.25, 0.3) is 0 Å². The third kappa shape index (κ3) is 5.27. The molecule has 0 bridgehead atoms. The Morgan fingerprint density at radius 3 is 2.06 bits per heavy atom. The maximum atomic E-state index is 11.8. The summed E-state index contributed by atoms with van der Waals surface area (Å²) >= 11 is 3.40. The summed E-state index contributed by atoms with van der Waals surface area (Å²) in [5, 5.41) is 11.9. The molecule has 1 aliphatic rings. The van der Waals surface area contributed by atoms with Gasteiger partial charge in [-0.2, -0.15) is 0 Å². The molecule has 1 N–H and O–H groups in total. The van der Waals surface area contributed by atoms with Crippen molar-refractivity contribution in [3.05, 3.63) is 77.5 Å². The van der Waals surface area contributed by atoms with E-state index in [1.54, 1.807) is 12.4 Å². The molecule has 2 heterocycles. The first kappa shape index (κ1) is 25.3. The summed E-state index contributed by atoms with van der Waals surface area (Å²) in [5.41, 5.74) is 0. The fraction of sp³-hybridized carbons (Fsp3) is 0.346. The Kier molecular flexibility index (Phi) is 7.58. The van der Waals surface area contributed by atoms with Crippen molar-refractivity contribution < 1.29 is 14.3 Å². The molecule has 1 unspecified atom stereocenters. The highest BCUT2D eigenvalue weighted by Crippen LogP contribution is 2.37. The molecule has 4 rings (SSSR count). The smallest absolute Gasteiger partial charge is 0.407 e. The minimum Gasteiger partial charge on any atom is -0.465 e. The van der Waals surface area contributed by atoms with E-state index in [2.05, 4.69) is 100 Å². The molecule has 1 atom stereocenters. The van der Waals surface area contributed by atoms with Gasteiger partial charge >= 0.3 is 6.09 Å². The number of anilines is 1. The standard InChI is InChI=1S/C26H31BrN4O3Si/c1-26(2,3)35(22-10-6-4-7-11-22,23-12-8-5-9-13-23)34-19-21-18-30(25(32)33)14-15-31(21)24-28-16-20(27)17-29-24/h4-13,16-17,21H,14-15,18-19H2,1-3H3,(H,32,33). The number of nitrogens with zero attached hydrogens (tertiary/aromatic N) is 4. The quantitative estimate of drug-likeness (QED) is 0.464. The molecule has 1 saturated heterocycles. The van der Waals surface area contributed by atoms with Gasteiger partial charge in [0, 0.05) is 32.0 Å². The van der Waals surface area contributed by atoms with Crippen LogP contribution in [0.1, 0.15) is 20.8 Å². The second kappa shape index (κ2) is 10.5. The van der Waals surface area contributed by atoms with Gasteiger partial charge in [-0.15, -0.1) is 0 Å². The number of hydrogen-bond acceptors (Lipinski definition) is 5. The van der Waals surface area contributed by atoms with Gasteiger partial charge in [0.25, 0.3) is 8.32 Å². The predicted octanol–water partition coefficient (Wildman–Crippen LogP) is 3.98. The molecule has 7 nitrogen and oxygen atoms in total. The maximum absolute atomic E-state index is 11.8. The van der Waals surface area contributed by atoms with Crippen LogP contribution in [-0.2, 0) is 4.43 Å². The molecule has 35 heavy (non-hydrogen) atoms. The van der Waals surface area contributed by atoms with Crippen LogP contribution >= 0.6 is 15.9 Å². The molecule has 1 fully saturated rings. The lowest BCUT2D eigenvalue weighted by Crippen LogP contribution is -2.68. The Bertz CT molecular complexity index is 1090. The van der Waals surface area contributed by atoms with E-state index in [4.69, 9.17) is 4.43 Å². The van der Waals surface area contributed by atoms with Crippen molar-refractivity contribution in [2.24, 2.45) is 0 Å². The van der Waals surface area contributed by atoms with E-state index in [9.17, 15) is 9.90 Å². The van der Waals surface area contributed by atoms with Crippen LogP contribution in [0.15, 0.2) is 77.5 Å². The summed E-state index contributed by atoms with van der Waals surface area (Å²) in [6.07, 6.45) is 2.51. The number of piperazine rings is 1. The molecule has 184 valence electrons. The highest BCUT2D eigenvalue weighted by molar-refractivity contribution is 9.10. The SMILES string of the molecule is CC(C)(C)[Si](OCC1CN(C(=O)O)CCN1c1ncc(Br)cn1)(c1ccccc1)c1ccccc1. The summed E-state index contributed by atoms with van der Waals surface area (Å²) in [6.45, 7) is 8.29. The highest BCUT2D eigenvalue weighted by Gasteiger charge is 2.50. The number of benzene rings is 2. The van der Waals surface area contributed by atoms with Gasteiger partial charge in [-0.25, -0.2) is 14.8 Å². The molecule has 0 aliphatic carbocycles. The monoisotopic (exact) mass is 554 g/mol. The summed E-state index contributed by atoms with van der Waals surface area (Å²) in [6, 6.07) is 20.7. The number of rotatable bonds is 6. The minimum absolute atomic E-state index is 0.171. The van der Waals surface area contributed by atoms with E-state index < -0.39 is 14.4 Å². The average Bonchev–Trinajstić information content (AvgIpc) is 2.85. The molecule has 1 aromatic heterocycles. The number of aromatic nitrogens is 2. The van der Waals surface area contributed by atoms with E-state index in [1.807, 2.05) is 12.1 Å². The Labute approximate surface area is 216 Å². The number of carbonyl (C=O) groups is 1. The fourth-order valence-electron chi connectivity index (χ4n) is 4.87. The van der Waals surface area contributed by atoms with Crippen LogP contribution < -0.4 is 15.3 Å². The molecule has 1 aliphatic heterocycles. The minimum atomic E-state index is -2.76. The molecule has 2 aromatic carbocycles. The first-order valence-corrected chi connectivity index (χ1v) is 14.4. The van der Waals surface area contributed by atoms with E-state index in [1.165, 1.54) is 15.3 Å². The predicted molar refractivity (Wildman–Crippen MR) is 144 cm³/mol. The molecular weight excluding hydrogens is 524 g/mol. The molecule has 0 radical (unpaired) electrons. The van der Waals surface area contributed by atoms with Gasteiger partial charge in [-0.05, 0) is 31.3 Å². The van der Waals surface area contributed by atoms with Crippen molar-refractivity contribution in [2.45, 2.75) is 31.9 Å². The lowest BCUT2D eigenvalue weighted by atomic mass is 10.2. The first-order chi connectivity index (χ1) is 16.7. The number of carboxylic acid groups (broad SMARTS) is 1. The lowest BCUT2D eigenvalue weighted by Gasteiger charge is -2.46. The van der Waals surface area contributed by atoms with Crippen molar-refractivity contribution in [2.75, 3.05) is 31.1 Å². The van der Waals surface area contributed by atoms with Crippen molar-refractivity contribution in [1.29, 1.82) is 0 Å². The van der Waals surface area contributed by atoms with Crippen LogP contribution in [0.3, 0.4) is 0 Å². The van der Waals surface area contributed by atoms with Crippen LogP contribution in [0.2, 0.25) is 5.04 Å². The van der Waals surface area contributed by atoms with Gasteiger partial charge in [-0.3, -0.25) is 0 Å². The average molecular weight is 556 g/mol. The van der Waals surface area contributed by atoms with E-state index in [0.717, 1.165) is 4.47 Å². The number of halogens is 1. The Morgan fingerprint density at radius 1 is 1.03 bits per heavy atom. The molecule has 1 amide bonds. The van der Waals surface area contributed by atoms with Gasteiger partial charge in [-0.1, -0.05) is 81.4 Å².